The minimum Gasteiger partial charge on any atom is -0.338 e. The van der Waals surface area contributed by atoms with Crippen molar-refractivity contribution in [1.82, 2.24) is 29.5 Å². The van der Waals surface area contributed by atoms with Crippen molar-refractivity contribution in [3.63, 3.8) is 0 Å². The van der Waals surface area contributed by atoms with E-state index in [0.717, 1.165) is 11.3 Å². The summed E-state index contributed by atoms with van der Waals surface area (Å²) in [6.45, 7) is 4.17. The molecule has 0 unspecified atom stereocenters. The second kappa shape index (κ2) is 6.75. The lowest BCUT2D eigenvalue weighted by atomic mass is 10.3. The van der Waals surface area contributed by atoms with Crippen LogP contribution < -0.4 is 10.6 Å². The van der Waals surface area contributed by atoms with E-state index >= 15 is 0 Å². The molecule has 0 saturated carbocycles. The van der Waals surface area contributed by atoms with E-state index in [-0.39, 0.29) is 6.04 Å². The molecule has 0 aliphatic heterocycles. The summed E-state index contributed by atoms with van der Waals surface area (Å²) in [5, 5.41) is 6.42. The lowest BCUT2D eigenvalue weighted by molar-refractivity contribution is 0.613. The molecule has 8 heteroatoms. The smallest absolute Gasteiger partial charge is 0.232 e. The SMILES string of the molecule is CC(C)n1cnc2c(Nc3ccccc3)nc(Nc3cnccn3)nc21. The minimum atomic E-state index is 0.226. The molecule has 0 amide bonds. The van der Waals surface area contributed by atoms with Gasteiger partial charge in [-0.05, 0) is 26.0 Å². The Morgan fingerprint density at radius 3 is 2.54 bits per heavy atom. The zero-order valence-corrected chi connectivity index (χ0v) is 14.5. The molecule has 8 nitrogen and oxygen atoms in total. The van der Waals surface area contributed by atoms with Crippen LogP contribution in [-0.2, 0) is 0 Å². The van der Waals surface area contributed by atoms with Crippen LogP contribution in [0.4, 0.5) is 23.3 Å². The summed E-state index contributed by atoms with van der Waals surface area (Å²) in [6.07, 6.45) is 6.64. The summed E-state index contributed by atoms with van der Waals surface area (Å²) >= 11 is 0. The number of aromatic nitrogens is 6. The van der Waals surface area contributed by atoms with Crippen LogP contribution in [0.1, 0.15) is 19.9 Å². The Balaban J connectivity index is 1.80. The molecule has 2 N–H and O–H groups in total. The van der Waals surface area contributed by atoms with Crippen LogP contribution in [0, 0.1) is 0 Å². The molecule has 3 heterocycles. The largest absolute Gasteiger partial charge is 0.338 e. The second-order valence-electron chi connectivity index (χ2n) is 6.02. The fourth-order valence-corrected chi connectivity index (χ4v) is 2.57. The van der Waals surface area contributed by atoms with Crippen molar-refractivity contribution in [2.24, 2.45) is 0 Å². The van der Waals surface area contributed by atoms with Gasteiger partial charge in [0.25, 0.3) is 0 Å². The maximum Gasteiger partial charge on any atom is 0.232 e. The van der Waals surface area contributed by atoms with E-state index in [1.54, 1.807) is 24.9 Å². The van der Waals surface area contributed by atoms with Gasteiger partial charge in [0.15, 0.2) is 22.8 Å². The maximum atomic E-state index is 4.62. The Labute approximate surface area is 150 Å². The third kappa shape index (κ3) is 3.16. The van der Waals surface area contributed by atoms with E-state index in [4.69, 9.17) is 0 Å². The van der Waals surface area contributed by atoms with E-state index in [9.17, 15) is 0 Å². The Bertz CT molecular complexity index is 1010. The van der Waals surface area contributed by atoms with Gasteiger partial charge in [-0.25, -0.2) is 9.97 Å². The lowest BCUT2D eigenvalue weighted by Crippen LogP contribution is -2.06. The van der Waals surface area contributed by atoms with E-state index < -0.39 is 0 Å². The van der Waals surface area contributed by atoms with E-state index in [2.05, 4.69) is 49.4 Å². The number of fused-ring (bicyclic) bond motifs is 1. The Morgan fingerprint density at radius 1 is 0.962 bits per heavy atom. The predicted octanol–water partition coefficient (Wildman–Crippen LogP) is 3.68. The van der Waals surface area contributed by atoms with Gasteiger partial charge < -0.3 is 15.2 Å². The second-order valence-corrected chi connectivity index (χ2v) is 6.02. The third-order valence-electron chi connectivity index (χ3n) is 3.82. The van der Waals surface area contributed by atoms with Crippen molar-refractivity contribution >= 4 is 34.4 Å². The van der Waals surface area contributed by atoms with Crippen LogP contribution in [0.3, 0.4) is 0 Å². The van der Waals surface area contributed by atoms with Crippen LogP contribution in [-0.4, -0.2) is 29.5 Å². The van der Waals surface area contributed by atoms with Crippen LogP contribution in [0.15, 0.2) is 55.2 Å². The number of para-hydroxylation sites is 1. The average Bonchev–Trinajstić information content (AvgIpc) is 3.08. The topological polar surface area (TPSA) is 93.4 Å². The molecule has 4 aromatic rings. The number of nitrogens with zero attached hydrogens (tertiary/aromatic N) is 6. The molecule has 4 rings (SSSR count). The quantitative estimate of drug-likeness (QED) is 0.569. The van der Waals surface area contributed by atoms with Gasteiger partial charge in [-0.15, -0.1) is 0 Å². The molecule has 0 fully saturated rings. The molecular weight excluding hydrogens is 328 g/mol. The minimum absolute atomic E-state index is 0.226. The zero-order valence-electron chi connectivity index (χ0n) is 14.5. The molecule has 3 aromatic heterocycles. The van der Waals surface area contributed by atoms with Crippen LogP contribution in [0.2, 0.25) is 0 Å². The van der Waals surface area contributed by atoms with Gasteiger partial charge in [0.1, 0.15) is 0 Å². The Morgan fingerprint density at radius 2 is 1.81 bits per heavy atom. The number of hydrogen-bond acceptors (Lipinski definition) is 7. The summed E-state index contributed by atoms with van der Waals surface area (Å²) in [7, 11) is 0. The maximum absolute atomic E-state index is 4.62. The molecule has 26 heavy (non-hydrogen) atoms. The average molecular weight is 346 g/mol. The van der Waals surface area contributed by atoms with Crippen LogP contribution in [0.5, 0.6) is 0 Å². The first-order valence-corrected chi connectivity index (χ1v) is 8.30. The molecule has 0 bridgehead atoms. The van der Waals surface area contributed by atoms with Gasteiger partial charge in [-0.1, -0.05) is 18.2 Å². The van der Waals surface area contributed by atoms with Crippen molar-refractivity contribution in [1.29, 1.82) is 0 Å². The first-order valence-electron chi connectivity index (χ1n) is 8.30. The summed E-state index contributed by atoms with van der Waals surface area (Å²) < 4.78 is 2.01. The third-order valence-corrected chi connectivity index (χ3v) is 3.82. The van der Waals surface area contributed by atoms with Crippen molar-refractivity contribution in [2.45, 2.75) is 19.9 Å². The predicted molar refractivity (Wildman–Crippen MR) is 101 cm³/mol. The monoisotopic (exact) mass is 346 g/mol. The molecular formula is C18H18N8. The van der Waals surface area contributed by atoms with Crippen LogP contribution >= 0.6 is 0 Å². The number of imidazole rings is 1. The first kappa shape index (κ1) is 15.9. The molecule has 0 aliphatic rings. The molecule has 0 spiro atoms. The fraction of sp³-hybridized carbons (Fsp3) is 0.167. The molecule has 0 atom stereocenters. The van der Waals surface area contributed by atoms with Crippen molar-refractivity contribution in [2.75, 3.05) is 10.6 Å². The van der Waals surface area contributed by atoms with E-state index in [0.29, 0.717) is 23.1 Å². The van der Waals surface area contributed by atoms with Crippen LogP contribution in [0.25, 0.3) is 11.2 Å². The zero-order chi connectivity index (χ0) is 17.9. The molecule has 0 saturated heterocycles. The number of rotatable bonds is 5. The van der Waals surface area contributed by atoms with Gasteiger partial charge in [0.2, 0.25) is 5.95 Å². The highest BCUT2D eigenvalue weighted by atomic mass is 15.2. The van der Waals surface area contributed by atoms with E-state index in [1.165, 1.54) is 0 Å². The highest BCUT2D eigenvalue weighted by molar-refractivity contribution is 5.86. The highest BCUT2D eigenvalue weighted by Gasteiger charge is 2.15. The molecule has 130 valence electrons. The Kier molecular flexibility index (Phi) is 4.14. The fourth-order valence-electron chi connectivity index (χ4n) is 2.57. The number of benzene rings is 1. The standard InChI is InChI=1S/C18H18N8/c1-12(2)26-11-21-15-16(22-13-6-4-3-5-7-13)24-18(25-17(15)26)23-14-10-19-8-9-20-14/h3-12H,1-2H3,(H2,20,22,23,24,25). The molecule has 0 radical (unpaired) electrons. The van der Waals surface area contributed by atoms with Crippen molar-refractivity contribution in [3.05, 3.63) is 55.2 Å². The van der Waals surface area contributed by atoms with Crippen molar-refractivity contribution in [3.8, 4) is 0 Å². The molecule has 1 aromatic carbocycles. The lowest BCUT2D eigenvalue weighted by Gasteiger charge is -2.11. The summed E-state index contributed by atoms with van der Waals surface area (Å²) in [4.78, 5) is 22.0. The number of hydrogen-bond donors (Lipinski definition) is 2. The summed E-state index contributed by atoms with van der Waals surface area (Å²) in [6, 6.07) is 10.1. The number of anilines is 4. The summed E-state index contributed by atoms with van der Waals surface area (Å²) in [5.74, 6) is 1.64. The van der Waals surface area contributed by atoms with Gasteiger partial charge in [-0.3, -0.25) is 4.98 Å². The normalized spacial score (nSPS) is 11.0. The van der Waals surface area contributed by atoms with Gasteiger partial charge in [0, 0.05) is 24.1 Å². The Hall–Kier alpha value is -3.55. The molecule has 0 aliphatic carbocycles. The highest BCUT2D eigenvalue weighted by Crippen LogP contribution is 2.26. The van der Waals surface area contributed by atoms with Gasteiger partial charge in [0.05, 0.1) is 12.5 Å². The van der Waals surface area contributed by atoms with Gasteiger partial charge >= 0.3 is 0 Å². The van der Waals surface area contributed by atoms with Crippen molar-refractivity contribution < 1.29 is 0 Å². The summed E-state index contributed by atoms with van der Waals surface area (Å²) in [5.41, 5.74) is 2.39. The first-order chi connectivity index (χ1) is 12.7. The number of nitrogens with one attached hydrogen (secondary N) is 2. The van der Waals surface area contributed by atoms with E-state index in [1.807, 2.05) is 34.9 Å². The van der Waals surface area contributed by atoms with Gasteiger partial charge in [-0.2, -0.15) is 9.97 Å².